The van der Waals surface area contributed by atoms with Crippen molar-refractivity contribution in [3.63, 3.8) is 0 Å². The van der Waals surface area contributed by atoms with Crippen molar-refractivity contribution in [1.82, 2.24) is 10.2 Å². The van der Waals surface area contributed by atoms with Gasteiger partial charge in [-0.3, -0.25) is 9.89 Å². The van der Waals surface area contributed by atoms with Crippen LogP contribution in [0.1, 0.15) is 118 Å². The molecule has 0 amide bonds. The van der Waals surface area contributed by atoms with Crippen molar-refractivity contribution in [1.29, 1.82) is 0 Å². The molecule has 0 saturated heterocycles. The first kappa shape index (κ1) is 27.1. The molecular formula is C34H51N3O2. The van der Waals surface area contributed by atoms with Gasteiger partial charge in [0.1, 0.15) is 5.82 Å². The smallest absolute Gasteiger partial charge is 0.310 e. The number of fused-ring (bicyclic) bond motifs is 8. The van der Waals surface area contributed by atoms with Gasteiger partial charge in [0.25, 0.3) is 0 Å². The van der Waals surface area contributed by atoms with E-state index in [1.807, 2.05) is 0 Å². The van der Waals surface area contributed by atoms with Gasteiger partial charge in [0.15, 0.2) is 0 Å². The minimum Gasteiger partial charge on any atom is -0.481 e. The third-order valence-electron chi connectivity index (χ3n) is 13.8. The van der Waals surface area contributed by atoms with E-state index in [2.05, 4.69) is 77.7 Å². The number of carboxylic acids is 1. The molecule has 5 heteroatoms. The average molecular weight is 534 g/mol. The fraction of sp³-hybridized carbons (Fsp3) is 0.765. The van der Waals surface area contributed by atoms with E-state index in [0.29, 0.717) is 17.7 Å². The largest absolute Gasteiger partial charge is 0.481 e. The summed E-state index contributed by atoms with van der Waals surface area (Å²) in [7, 11) is 0. The third kappa shape index (κ3) is 3.25. The molecule has 5 aliphatic carbocycles. The van der Waals surface area contributed by atoms with Crippen LogP contribution in [0.2, 0.25) is 0 Å². The number of aromatic amines is 1. The monoisotopic (exact) mass is 533 g/mol. The number of aromatic nitrogens is 2. The Morgan fingerprint density at radius 1 is 1.03 bits per heavy atom. The summed E-state index contributed by atoms with van der Waals surface area (Å²) in [6, 6.07) is 0. The predicted octanol–water partition coefficient (Wildman–Crippen LogP) is 7.84. The number of nitrogens with two attached hydrogens (primary N) is 1. The van der Waals surface area contributed by atoms with Crippen molar-refractivity contribution >= 4 is 11.8 Å². The van der Waals surface area contributed by atoms with Crippen LogP contribution >= 0.6 is 0 Å². The molecule has 7 atom stereocenters. The second kappa shape index (κ2) is 8.03. The molecule has 0 aromatic carbocycles. The maximum Gasteiger partial charge on any atom is 0.310 e. The number of carbonyl (C=O) groups is 1. The summed E-state index contributed by atoms with van der Waals surface area (Å²) >= 11 is 0. The second-order valence-corrected chi connectivity index (χ2v) is 16.3. The number of nitrogens with one attached hydrogen (secondary N) is 1. The molecule has 3 fully saturated rings. The van der Waals surface area contributed by atoms with Gasteiger partial charge >= 0.3 is 5.97 Å². The Balaban J connectivity index is 1.56. The van der Waals surface area contributed by atoms with Crippen LogP contribution in [0.5, 0.6) is 0 Å². The summed E-state index contributed by atoms with van der Waals surface area (Å²) < 4.78 is 0. The molecule has 4 N–H and O–H groups in total. The average Bonchev–Trinajstić information content (AvgIpc) is 3.20. The topological polar surface area (TPSA) is 92.0 Å². The maximum atomic E-state index is 13.1. The normalized spacial score (nSPS) is 44.2. The molecule has 0 aliphatic heterocycles. The van der Waals surface area contributed by atoms with E-state index in [4.69, 9.17) is 5.73 Å². The first-order valence-corrected chi connectivity index (χ1v) is 15.5. The van der Waals surface area contributed by atoms with Crippen molar-refractivity contribution in [2.75, 3.05) is 5.73 Å². The highest BCUT2D eigenvalue weighted by atomic mass is 16.4. The Kier molecular flexibility index (Phi) is 5.59. The van der Waals surface area contributed by atoms with Crippen LogP contribution in [0, 0.1) is 44.8 Å². The van der Waals surface area contributed by atoms with Crippen molar-refractivity contribution in [2.45, 2.75) is 119 Å². The Morgan fingerprint density at radius 3 is 2.38 bits per heavy atom. The van der Waals surface area contributed by atoms with Crippen LogP contribution in [0.3, 0.4) is 0 Å². The van der Waals surface area contributed by atoms with Crippen LogP contribution in [0.4, 0.5) is 5.82 Å². The van der Waals surface area contributed by atoms with Gasteiger partial charge in [0, 0.05) is 16.7 Å². The lowest BCUT2D eigenvalue weighted by Gasteiger charge is -2.71. The number of anilines is 1. The van der Waals surface area contributed by atoms with Gasteiger partial charge in [-0.1, -0.05) is 66.2 Å². The van der Waals surface area contributed by atoms with Crippen molar-refractivity contribution in [2.24, 2.45) is 44.8 Å². The number of rotatable bonds is 2. The van der Waals surface area contributed by atoms with E-state index in [1.165, 1.54) is 35.2 Å². The second-order valence-electron chi connectivity index (χ2n) is 16.3. The Bertz CT molecular complexity index is 1290. The van der Waals surface area contributed by atoms with Gasteiger partial charge in [0.2, 0.25) is 0 Å². The zero-order valence-corrected chi connectivity index (χ0v) is 25.6. The molecule has 1 aromatic heterocycles. The molecule has 1 aromatic rings. The molecule has 0 spiro atoms. The quantitative estimate of drug-likeness (QED) is 0.361. The fourth-order valence-corrected chi connectivity index (χ4v) is 11.6. The zero-order chi connectivity index (χ0) is 28.4. The summed E-state index contributed by atoms with van der Waals surface area (Å²) in [5, 5.41) is 18.6. The number of hydrogen-bond donors (Lipinski definition) is 3. The number of carboxylic acid groups (broad SMARTS) is 1. The molecule has 1 unspecified atom stereocenters. The standard InChI is InChI=1S/C34H51N3O2/c1-9-10-20-17-24-31(6)18-21-26(36-37-27(21)35)30(4,5)23(31)11-12-32(24,7)33(8)14-16-34(28(38)39)15-13-29(2,3)19-22(34)25(20)33/h9-10,22-24H,11-19H2,1-8H3,(H,38,39)(H3,35,36,37)/b10-9+/t22-,23-,24?,31-,32+,33+,34-/m0/s1. The van der Waals surface area contributed by atoms with E-state index >= 15 is 0 Å². The Hall–Kier alpha value is -2.04. The predicted molar refractivity (Wildman–Crippen MR) is 157 cm³/mol. The lowest BCUT2D eigenvalue weighted by molar-refractivity contribution is -0.177. The minimum absolute atomic E-state index is 0.0118. The van der Waals surface area contributed by atoms with Gasteiger partial charge in [-0.15, -0.1) is 0 Å². The fourth-order valence-electron chi connectivity index (χ4n) is 11.6. The highest BCUT2D eigenvalue weighted by Gasteiger charge is 2.70. The molecule has 3 saturated carbocycles. The first-order valence-electron chi connectivity index (χ1n) is 15.5. The highest BCUT2D eigenvalue weighted by molar-refractivity contribution is 5.77. The summed E-state index contributed by atoms with van der Waals surface area (Å²) in [6.07, 6.45) is 13.5. The number of nitrogens with zero attached hydrogens (tertiary/aromatic N) is 1. The van der Waals surface area contributed by atoms with Crippen LogP contribution < -0.4 is 5.73 Å². The molecule has 0 radical (unpaired) electrons. The van der Waals surface area contributed by atoms with E-state index in [0.717, 1.165) is 44.9 Å². The molecule has 6 rings (SSSR count). The minimum atomic E-state index is -0.617. The van der Waals surface area contributed by atoms with Crippen molar-refractivity contribution in [3.05, 3.63) is 34.6 Å². The number of aliphatic carboxylic acids is 1. The first-order chi connectivity index (χ1) is 18.1. The summed E-state index contributed by atoms with van der Waals surface area (Å²) in [6.45, 7) is 19.3. The summed E-state index contributed by atoms with van der Waals surface area (Å²) in [5.74, 6) is 1.27. The number of allylic oxidation sites excluding steroid dienone is 4. The SMILES string of the molecule is C/C=C/C1=C2[C@@H]3CC(C)(C)CC[C@]3(C(=O)O)CC[C@@]2(C)[C@]2(C)CC[C@H]3C(C)(C)c4[nH]nc(N)c4C[C@]3(C)C2C1. The molecule has 0 bridgehead atoms. The Labute approximate surface area is 235 Å². The molecule has 39 heavy (non-hydrogen) atoms. The van der Waals surface area contributed by atoms with Crippen LogP contribution in [-0.4, -0.2) is 21.3 Å². The van der Waals surface area contributed by atoms with Gasteiger partial charge in [-0.2, -0.15) is 5.10 Å². The number of hydrogen-bond acceptors (Lipinski definition) is 3. The zero-order valence-electron chi connectivity index (χ0n) is 25.6. The van der Waals surface area contributed by atoms with Gasteiger partial charge in [0.05, 0.1) is 5.41 Å². The van der Waals surface area contributed by atoms with E-state index < -0.39 is 11.4 Å². The number of nitrogen functional groups attached to an aromatic ring is 1. The van der Waals surface area contributed by atoms with Crippen molar-refractivity contribution < 1.29 is 9.90 Å². The van der Waals surface area contributed by atoms with E-state index in [9.17, 15) is 9.90 Å². The van der Waals surface area contributed by atoms with Gasteiger partial charge in [-0.05, 0) is 110 Å². The molecule has 214 valence electrons. The summed E-state index contributed by atoms with van der Waals surface area (Å²) in [5.41, 5.74) is 11.7. The lowest BCUT2D eigenvalue weighted by Crippen LogP contribution is -2.65. The maximum absolute atomic E-state index is 13.1. The molecule has 5 nitrogen and oxygen atoms in total. The molecule has 1 heterocycles. The molecule has 5 aliphatic rings. The van der Waals surface area contributed by atoms with E-state index in [1.54, 1.807) is 0 Å². The van der Waals surface area contributed by atoms with Gasteiger partial charge in [-0.25, -0.2) is 0 Å². The Morgan fingerprint density at radius 2 is 1.72 bits per heavy atom. The van der Waals surface area contributed by atoms with Crippen LogP contribution in [0.15, 0.2) is 23.3 Å². The van der Waals surface area contributed by atoms with E-state index in [-0.39, 0.29) is 33.0 Å². The van der Waals surface area contributed by atoms with Gasteiger partial charge < -0.3 is 10.8 Å². The molecular weight excluding hydrogens is 482 g/mol. The lowest BCUT2D eigenvalue weighted by atomic mass is 9.33. The van der Waals surface area contributed by atoms with Crippen molar-refractivity contribution in [3.8, 4) is 0 Å². The third-order valence-corrected chi connectivity index (χ3v) is 13.8. The number of H-pyrrole nitrogens is 1. The summed E-state index contributed by atoms with van der Waals surface area (Å²) in [4.78, 5) is 13.1. The van der Waals surface area contributed by atoms with Crippen LogP contribution in [0.25, 0.3) is 0 Å². The highest BCUT2D eigenvalue weighted by Crippen LogP contribution is 2.76. The van der Waals surface area contributed by atoms with Crippen LogP contribution in [-0.2, 0) is 16.6 Å².